The maximum atomic E-state index is 7.00. The van der Waals surface area contributed by atoms with Crippen LogP contribution in [0, 0.1) is 0 Å². The van der Waals surface area contributed by atoms with Crippen LogP contribution in [0.5, 0.6) is 0 Å². The lowest BCUT2D eigenvalue weighted by Crippen LogP contribution is -1.81. The van der Waals surface area contributed by atoms with Gasteiger partial charge < -0.3 is 10.2 Å². The molecule has 0 radical (unpaired) electrons. The van der Waals surface area contributed by atoms with Gasteiger partial charge in [0.05, 0.1) is 0 Å². The second-order valence-corrected chi connectivity index (χ2v) is 4.29. The third-order valence-corrected chi connectivity index (χ3v) is 3.39. The number of rotatable bonds is 0. The number of aliphatic hydroxyl groups excluding tert-OH is 2. The zero-order valence-electron chi connectivity index (χ0n) is 11.7. The first-order valence-corrected chi connectivity index (χ1v) is 6.45. The largest absolute Gasteiger partial charge is 0.400 e. The van der Waals surface area contributed by atoms with E-state index in [4.69, 9.17) is 10.2 Å². The highest BCUT2D eigenvalue weighted by Crippen LogP contribution is 2.36. The lowest BCUT2D eigenvalue weighted by atomic mass is 9.97. The van der Waals surface area contributed by atoms with Crippen LogP contribution in [-0.4, -0.2) is 24.4 Å². The summed E-state index contributed by atoms with van der Waals surface area (Å²) in [5.41, 5.74) is 2.70. The van der Waals surface area contributed by atoms with Crippen molar-refractivity contribution >= 4 is 33.7 Å². The molecule has 0 aromatic heterocycles. The summed E-state index contributed by atoms with van der Waals surface area (Å²) in [6.07, 6.45) is 4.42. The van der Waals surface area contributed by atoms with E-state index >= 15 is 0 Å². The van der Waals surface area contributed by atoms with Crippen molar-refractivity contribution < 1.29 is 10.2 Å². The molecule has 0 saturated carbocycles. The van der Waals surface area contributed by atoms with Gasteiger partial charge >= 0.3 is 0 Å². The van der Waals surface area contributed by atoms with Gasteiger partial charge in [-0.3, -0.25) is 0 Å². The second kappa shape index (κ2) is 6.33. The summed E-state index contributed by atoms with van der Waals surface area (Å²) in [7, 11) is 2.00. The van der Waals surface area contributed by atoms with E-state index in [2.05, 4.69) is 60.7 Å². The summed E-state index contributed by atoms with van der Waals surface area (Å²) in [4.78, 5) is 0. The summed E-state index contributed by atoms with van der Waals surface area (Å²) in [5.74, 6) is 0. The summed E-state index contributed by atoms with van der Waals surface area (Å²) in [6, 6.07) is 17.4. The van der Waals surface area contributed by atoms with Gasteiger partial charge in [0, 0.05) is 14.2 Å². The molecule has 1 aliphatic rings. The quantitative estimate of drug-likeness (QED) is 0.476. The van der Waals surface area contributed by atoms with E-state index in [0.717, 1.165) is 14.2 Å². The Morgan fingerprint density at radius 2 is 1.30 bits per heavy atom. The van der Waals surface area contributed by atoms with E-state index in [1.807, 2.05) is 0 Å². The van der Waals surface area contributed by atoms with Gasteiger partial charge in [-0.1, -0.05) is 54.6 Å². The van der Waals surface area contributed by atoms with Crippen molar-refractivity contribution in [3.8, 4) is 0 Å². The van der Waals surface area contributed by atoms with Gasteiger partial charge in [-0.15, -0.1) is 0 Å². The molecular weight excluding hydrogens is 248 g/mol. The van der Waals surface area contributed by atoms with Crippen molar-refractivity contribution in [2.75, 3.05) is 14.2 Å². The zero-order chi connectivity index (χ0) is 14.5. The van der Waals surface area contributed by atoms with E-state index in [-0.39, 0.29) is 0 Å². The van der Waals surface area contributed by atoms with Gasteiger partial charge in [0.1, 0.15) is 0 Å². The second-order valence-electron chi connectivity index (χ2n) is 4.29. The molecule has 3 aromatic carbocycles. The Morgan fingerprint density at radius 3 is 2.10 bits per heavy atom. The number of hydrogen-bond donors (Lipinski definition) is 2. The molecule has 1 aliphatic carbocycles. The molecule has 4 rings (SSSR count). The van der Waals surface area contributed by atoms with Crippen LogP contribution in [0.1, 0.15) is 11.1 Å². The van der Waals surface area contributed by atoms with E-state index in [0.29, 0.717) is 0 Å². The molecule has 2 N–H and O–H groups in total. The maximum Gasteiger partial charge on any atom is 0.0319 e. The Kier molecular flexibility index (Phi) is 4.51. The van der Waals surface area contributed by atoms with Crippen LogP contribution in [0.25, 0.3) is 33.7 Å². The Morgan fingerprint density at radius 1 is 0.650 bits per heavy atom. The predicted octanol–water partition coefficient (Wildman–Crippen LogP) is 3.69. The molecule has 20 heavy (non-hydrogen) atoms. The fraction of sp³-hybridized carbons (Fsp3) is 0.111. The Balaban J connectivity index is 0.000000340. The maximum absolute atomic E-state index is 7.00. The first-order valence-electron chi connectivity index (χ1n) is 6.45. The fourth-order valence-electron chi connectivity index (χ4n) is 2.67. The van der Waals surface area contributed by atoms with Gasteiger partial charge in [-0.25, -0.2) is 0 Å². The normalized spacial score (nSPS) is 10.8. The van der Waals surface area contributed by atoms with Crippen LogP contribution in [0.2, 0.25) is 0 Å². The third-order valence-electron chi connectivity index (χ3n) is 3.39. The van der Waals surface area contributed by atoms with Crippen LogP contribution in [0.3, 0.4) is 0 Å². The molecule has 3 aromatic rings. The summed E-state index contributed by atoms with van der Waals surface area (Å²) < 4.78 is 0. The molecule has 0 aliphatic heterocycles. The van der Waals surface area contributed by atoms with Crippen molar-refractivity contribution in [1.29, 1.82) is 0 Å². The average molecular weight is 266 g/mol. The SMILES string of the molecule is C1=Cc2cc3ccccc3c3cccc1c23.CO.CO. The van der Waals surface area contributed by atoms with Gasteiger partial charge in [-0.2, -0.15) is 0 Å². The standard InChI is InChI=1S/C16H10.2CH4O/c1-2-6-14-12(4-1)10-13-9-8-11-5-3-7-15(14)16(11)13;2*1-2/h1-10H;2*2H,1H3. The van der Waals surface area contributed by atoms with Crippen molar-refractivity contribution in [1.82, 2.24) is 0 Å². The van der Waals surface area contributed by atoms with Crippen molar-refractivity contribution in [2.24, 2.45) is 0 Å². The zero-order valence-corrected chi connectivity index (χ0v) is 11.7. The highest BCUT2D eigenvalue weighted by molar-refractivity contribution is 6.16. The van der Waals surface area contributed by atoms with Crippen LogP contribution in [0.4, 0.5) is 0 Å². The van der Waals surface area contributed by atoms with Crippen molar-refractivity contribution in [2.45, 2.75) is 0 Å². The molecule has 0 unspecified atom stereocenters. The highest BCUT2D eigenvalue weighted by Gasteiger charge is 2.10. The lowest BCUT2D eigenvalue weighted by Gasteiger charge is -2.06. The van der Waals surface area contributed by atoms with Crippen molar-refractivity contribution in [3.63, 3.8) is 0 Å². The monoisotopic (exact) mass is 266 g/mol. The first kappa shape index (κ1) is 14.3. The van der Waals surface area contributed by atoms with Gasteiger partial charge in [-0.05, 0) is 38.7 Å². The molecule has 0 saturated heterocycles. The van der Waals surface area contributed by atoms with E-state index in [1.54, 1.807) is 0 Å². The fourth-order valence-corrected chi connectivity index (χ4v) is 2.67. The smallest absolute Gasteiger partial charge is 0.0319 e. The molecule has 0 spiro atoms. The highest BCUT2D eigenvalue weighted by atomic mass is 16.2. The Hall–Kier alpha value is -2.16. The van der Waals surface area contributed by atoms with Crippen LogP contribution >= 0.6 is 0 Å². The summed E-state index contributed by atoms with van der Waals surface area (Å²) >= 11 is 0. The van der Waals surface area contributed by atoms with Crippen LogP contribution in [-0.2, 0) is 0 Å². The van der Waals surface area contributed by atoms with E-state index in [1.165, 1.54) is 32.7 Å². The predicted molar refractivity (Wildman–Crippen MR) is 86.7 cm³/mol. The Labute approximate surface area is 118 Å². The summed E-state index contributed by atoms with van der Waals surface area (Å²) in [6.45, 7) is 0. The van der Waals surface area contributed by atoms with E-state index in [9.17, 15) is 0 Å². The van der Waals surface area contributed by atoms with Crippen molar-refractivity contribution in [3.05, 3.63) is 59.7 Å². The molecule has 0 atom stereocenters. The third kappa shape index (κ3) is 2.20. The molecule has 2 nitrogen and oxygen atoms in total. The molecule has 0 bridgehead atoms. The van der Waals surface area contributed by atoms with Gasteiger partial charge in [0.25, 0.3) is 0 Å². The van der Waals surface area contributed by atoms with Crippen LogP contribution < -0.4 is 0 Å². The average Bonchev–Trinajstić information content (AvgIpc) is 2.96. The molecule has 0 fully saturated rings. The van der Waals surface area contributed by atoms with Crippen LogP contribution in [0.15, 0.2) is 48.5 Å². The minimum absolute atomic E-state index is 1.00. The number of hydrogen-bond acceptors (Lipinski definition) is 2. The van der Waals surface area contributed by atoms with E-state index < -0.39 is 0 Å². The molecule has 0 heterocycles. The topological polar surface area (TPSA) is 40.5 Å². The number of fused-ring (bicyclic) bond motifs is 2. The number of benzene rings is 3. The molecule has 0 amide bonds. The van der Waals surface area contributed by atoms with Gasteiger partial charge in [0.15, 0.2) is 0 Å². The Bertz CT molecular complexity index is 758. The minimum atomic E-state index is 1.00. The first-order chi connectivity index (χ1) is 9.93. The number of aliphatic hydroxyl groups is 2. The molecular formula is C18H18O2. The lowest BCUT2D eigenvalue weighted by molar-refractivity contribution is 0.399. The van der Waals surface area contributed by atoms with Gasteiger partial charge in [0.2, 0.25) is 0 Å². The molecule has 102 valence electrons. The summed E-state index contributed by atoms with van der Waals surface area (Å²) in [5, 5.41) is 19.5. The minimum Gasteiger partial charge on any atom is -0.400 e. The molecule has 2 heteroatoms.